The van der Waals surface area contributed by atoms with Crippen molar-refractivity contribution in [1.82, 2.24) is 4.98 Å². The molecule has 2 N–H and O–H groups in total. The van der Waals surface area contributed by atoms with Crippen molar-refractivity contribution < 1.29 is 9.47 Å². The predicted molar refractivity (Wildman–Crippen MR) is 43.9 cm³/mol. The summed E-state index contributed by atoms with van der Waals surface area (Å²) in [5.41, 5.74) is 5.43. The number of nitrogen functional groups attached to an aromatic ring is 1. The Hall–Kier alpha value is -0.810. The van der Waals surface area contributed by atoms with Crippen LogP contribution in [0.5, 0.6) is 5.19 Å². The van der Waals surface area contributed by atoms with Crippen LogP contribution in [-0.2, 0) is 4.74 Å². The van der Waals surface area contributed by atoms with Gasteiger partial charge in [-0.1, -0.05) is 11.3 Å². The highest BCUT2D eigenvalue weighted by atomic mass is 32.1. The van der Waals surface area contributed by atoms with E-state index in [1.54, 1.807) is 13.3 Å². The molecule has 0 radical (unpaired) electrons. The summed E-state index contributed by atoms with van der Waals surface area (Å²) in [4.78, 5) is 3.90. The number of nitrogens with zero attached hydrogens (tertiary/aromatic N) is 1. The zero-order chi connectivity index (χ0) is 8.10. The normalized spacial score (nSPS) is 9.91. The monoisotopic (exact) mass is 174 g/mol. The molecule has 0 saturated carbocycles. The van der Waals surface area contributed by atoms with E-state index in [1.165, 1.54) is 11.3 Å². The second-order valence-electron chi connectivity index (χ2n) is 1.87. The number of aromatic nitrogens is 1. The van der Waals surface area contributed by atoms with Crippen molar-refractivity contribution in [2.24, 2.45) is 0 Å². The predicted octanol–water partition coefficient (Wildman–Crippen LogP) is 0.751. The van der Waals surface area contributed by atoms with E-state index in [1.807, 2.05) is 0 Å². The Labute approximate surface area is 69.0 Å². The summed E-state index contributed by atoms with van der Waals surface area (Å²) >= 11 is 1.33. The second-order valence-corrected chi connectivity index (χ2v) is 2.89. The zero-order valence-electron chi connectivity index (χ0n) is 6.24. The van der Waals surface area contributed by atoms with Gasteiger partial charge >= 0.3 is 0 Å². The number of hydrogen-bond donors (Lipinski definition) is 1. The van der Waals surface area contributed by atoms with E-state index in [4.69, 9.17) is 15.2 Å². The van der Waals surface area contributed by atoms with Crippen LogP contribution in [0.25, 0.3) is 0 Å². The van der Waals surface area contributed by atoms with E-state index in [-0.39, 0.29) is 0 Å². The molecule has 1 rings (SSSR count). The number of ether oxygens (including phenoxy) is 2. The Morgan fingerprint density at radius 3 is 3.00 bits per heavy atom. The molecule has 0 amide bonds. The van der Waals surface area contributed by atoms with Crippen LogP contribution in [0, 0.1) is 0 Å². The van der Waals surface area contributed by atoms with Crippen molar-refractivity contribution in [3.63, 3.8) is 0 Å². The fraction of sp³-hybridized carbons (Fsp3) is 0.500. The van der Waals surface area contributed by atoms with E-state index in [0.29, 0.717) is 23.4 Å². The number of rotatable bonds is 4. The van der Waals surface area contributed by atoms with Crippen LogP contribution >= 0.6 is 11.3 Å². The molecule has 0 aromatic carbocycles. The van der Waals surface area contributed by atoms with Gasteiger partial charge in [-0.2, -0.15) is 0 Å². The quantitative estimate of drug-likeness (QED) is 0.684. The summed E-state index contributed by atoms with van der Waals surface area (Å²) in [7, 11) is 1.62. The van der Waals surface area contributed by atoms with E-state index >= 15 is 0 Å². The Bertz CT molecular complexity index is 214. The molecule has 1 aromatic rings. The van der Waals surface area contributed by atoms with Crippen molar-refractivity contribution in [2.75, 3.05) is 26.1 Å². The van der Waals surface area contributed by atoms with Crippen molar-refractivity contribution in [1.29, 1.82) is 0 Å². The maximum Gasteiger partial charge on any atom is 0.275 e. The first-order valence-corrected chi connectivity index (χ1v) is 3.97. The van der Waals surface area contributed by atoms with Gasteiger partial charge in [0.25, 0.3) is 5.19 Å². The minimum atomic E-state index is 0.517. The molecule has 0 aliphatic heterocycles. The SMILES string of the molecule is COCCOc1ncc(N)s1. The van der Waals surface area contributed by atoms with Crippen LogP contribution in [0.1, 0.15) is 0 Å². The zero-order valence-corrected chi connectivity index (χ0v) is 7.06. The van der Waals surface area contributed by atoms with Gasteiger partial charge in [0.1, 0.15) is 11.6 Å². The topological polar surface area (TPSA) is 57.4 Å². The first-order valence-electron chi connectivity index (χ1n) is 3.16. The van der Waals surface area contributed by atoms with Gasteiger partial charge in [0.05, 0.1) is 12.8 Å². The maximum atomic E-state index is 5.43. The molecule has 0 unspecified atom stereocenters. The van der Waals surface area contributed by atoms with Gasteiger partial charge in [-0.25, -0.2) is 4.98 Å². The molecule has 5 heteroatoms. The van der Waals surface area contributed by atoms with Crippen molar-refractivity contribution >= 4 is 16.3 Å². The lowest BCUT2D eigenvalue weighted by Crippen LogP contribution is -2.03. The van der Waals surface area contributed by atoms with Gasteiger partial charge in [0.15, 0.2) is 0 Å². The number of thiazole rings is 1. The molecule has 1 aromatic heterocycles. The second kappa shape index (κ2) is 4.15. The Morgan fingerprint density at radius 2 is 2.45 bits per heavy atom. The summed E-state index contributed by atoms with van der Waals surface area (Å²) in [5.74, 6) is 0. The molecule has 1 heterocycles. The Kier molecular flexibility index (Phi) is 3.13. The lowest BCUT2D eigenvalue weighted by Gasteiger charge is -1.98. The molecule has 0 atom stereocenters. The van der Waals surface area contributed by atoms with Crippen molar-refractivity contribution in [3.05, 3.63) is 6.20 Å². The van der Waals surface area contributed by atoms with Crippen LogP contribution in [0.15, 0.2) is 6.20 Å². The van der Waals surface area contributed by atoms with Gasteiger partial charge in [-0.15, -0.1) is 0 Å². The Balaban J connectivity index is 2.27. The molecule has 0 aliphatic carbocycles. The average molecular weight is 174 g/mol. The summed E-state index contributed by atoms with van der Waals surface area (Å²) in [5, 5.41) is 1.26. The third-order valence-electron chi connectivity index (χ3n) is 1.02. The highest BCUT2D eigenvalue weighted by Crippen LogP contribution is 2.21. The first kappa shape index (κ1) is 8.29. The van der Waals surface area contributed by atoms with E-state index in [0.717, 1.165) is 0 Å². The summed E-state index contributed by atoms with van der Waals surface area (Å²) in [6, 6.07) is 0. The van der Waals surface area contributed by atoms with Gasteiger partial charge in [0.2, 0.25) is 0 Å². The molecule has 0 spiro atoms. The molecule has 4 nitrogen and oxygen atoms in total. The number of anilines is 1. The third-order valence-corrected chi connectivity index (χ3v) is 1.75. The number of nitrogens with two attached hydrogens (primary N) is 1. The summed E-state index contributed by atoms with van der Waals surface area (Å²) in [6.07, 6.45) is 1.58. The van der Waals surface area contributed by atoms with Crippen LogP contribution < -0.4 is 10.5 Å². The minimum absolute atomic E-state index is 0.517. The lowest BCUT2D eigenvalue weighted by molar-refractivity contribution is 0.146. The van der Waals surface area contributed by atoms with E-state index in [2.05, 4.69) is 4.98 Å². The lowest BCUT2D eigenvalue weighted by atomic mass is 10.8. The molecule has 11 heavy (non-hydrogen) atoms. The highest BCUT2D eigenvalue weighted by molar-refractivity contribution is 7.17. The fourth-order valence-corrected chi connectivity index (χ4v) is 1.10. The van der Waals surface area contributed by atoms with Gasteiger partial charge < -0.3 is 15.2 Å². The first-order chi connectivity index (χ1) is 5.33. The molecule has 0 saturated heterocycles. The Morgan fingerprint density at radius 1 is 1.64 bits per heavy atom. The molecular formula is C6H10N2O2S. The van der Waals surface area contributed by atoms with Crippen LogP contribution in [0.2, 0.25) is 0 Å². The molecule has 0 bridgehead atoms. The van der Waals surface area contributed by atoms with Crippen molar-refractivity contribution in [2.45, 2.75) is 0 Å². The van der Waals surface area contributed by atoms with Gasteiger partial charge in [-0.05, 0) is 0 Å². The average Bonchev–Trinajstić information content (AvgIpc) is 2.37. The molecular weight excluding hydrogens is 164 g/mol. The molecule has 62 valence electrons. The number of methoxy groups -OCH3 is 1. The highest BCUT2D eigenvalue weighted by Gasteiger charge is 1.97. The standard InChI is InChI=1S/C6H10N2O2S/c1-9-2-3-10-6-8-4-5(7)11-6/h4H,2-3,7H2,1H3. The van der Waals surface area contributed by atoms with E-state index < -0.39 is 0 Å². The molecule has 0 aliphatic rings. The minimum Gasteiger partial charge on any atom is -0.468 e. The third kappa shape index (κ3) is 2.73. The fourth-order valence-electron chi connectivity index (χ4n) is 0.549. The van der Waals surface area contributed by atoms with E-state index in [9.17, 15) is 0 Å². The van der Waals surface area contributed by atoms with Gasteiger partial charge in [0, 0.05) is 7.11 Å². The van der Waals surface area contributed by atoms with Crippen LogP contribution in [-0.4, -0.2) is 25.3 Å². The summed E-state index contributed by atoms with van der Waals surface area (Å²) in [6.45, 7) is 1.09. The maximum absolute atomic E-state index is 5.43. The van der Waals surface area contributed by atoms with Crippen LogP contribution in [0.3, 0.4) is 0 Å². The van der Waals surface area contributed by atoms with Crippen LogP contribution in [0.4, 0.5) is 5.00 Å². The summed E-state index contributed by atoms with van der Waals surface area (Å²) < 4.78 is 9.96. The van der Waals surface area contributed by atoms with Crippen molar-refractivity contribution in [3.8, 4) is 5.19 Å². The number of hydrogen-bond acceptors (Lipinski definition) is 5. The largest absolute Gasteiger partial charge is 0.468 e. The van der Waals surface area contributed by atoms with Gasteiger partial charge in [-0.3, -0.25) is 0 Å². The molecule has 0 fully saturated rings. The smallest absolute Gasteiger partial charge is 0.275 e.